The van der Waals surface area contributed by atoms with Gasteiger partial charge in [-0.1, -0.05) is 13.8 Å². The molecule has 2 bridgehead atoms. The Hall–Kier alpha value is -2.56. The molecule has 0 spiro atoms. The van der Waals surface area contributed by atoms with Gasteiger partial charge < -0.3 is 4.98 Å². The van der Waals surface area contributed by atoms with Crippen LogP contribution in [0.25, 0.3) is 27.1 Å². The van der Waals surface area contributed by atoms with E-state index < -0.39 is 9.73 Å². The molecular formula is C28H36N6O2S2. The fraction of sp³-hybridized carbons (Fsp3) is 0.536. The lowest BCUT2D eigenvalue weighted by molar-refractivity contribution is -0.119. The molecule has 1 N–H and O–H groups in total. The van der Waals surface area contributed by atoms with Gasteiger partial charge in [-0.25, -0.2) is 13.7 Å². The number of amides is 1. The number of fused-ring (bicyclic) bond motifs is 4. The number of carbonyl (C=O) groups is 1. The van der Waals surface area contributed by atoms with Crippen LogP contribution < -0.4 is 0 Å². The molecular weight excluding hydrogens is 516 g/mol. The molecule has 1 saturated carbocycles. The van der Waals surface area contributed by atoms with Crippen molar-refractivity contribution in [1.82, 2.24) is 24.5 Å². The van der Waals surface area contributed by atoms with Crippen LogP contribution in [-0.2, 0) is 14.5 Å². The Balaban J connectivity index is 1.34. The molecule has 8 nitrogen and oxygen atoms in total. The molecule has 10 heteroatoms. The Morgan fingerprint density at radius 1 is 1.21 bits per heavy atom. The maximum absolute atomic E-state index is 12.3. The molecule has 0 radical (unpaired) electrons. The van der Waals surface area contributed by atoms with E-state index in [2.05, 4.69) is 65.1 Å². The number of hydrogen-bond donors (Lipinski definition) is 1. The summed E-state index contributed by atoms with van der Waals surface area (Å²) in [6.45, 7) is 12.3. The average Bonchev–Trinajstić information content (AvgIpc) is 3.62. The van der Waals surface area contributed by atoms with Gasteiger partial charge in [0, 0.05) is 56.9 Å². The maximum Gasteiger partial charge on any atom is 0.267 e. The molecule has 1 amide bonds. The Morgan fingerprint density at radius 2 is 1.97 bits per heavy atom. The van der Waals surface area contributed by atoms with Crippen molar-refractivity contribution in [3.05, 3.63) is 39.7 Å². The number of hydrogen-bond acceptors (Lipinski definition) is 6. The van der Waals surface area contributed by atoms with E-state index in [-0.39, 0.29) is 12.5 Å². The lowest BCUT2D eigenvalue weighted by atomic mass is 9.88. The van der Waals surface area contributed by atoms with Gasteiger partial charge in [-0.3, -0.25) is 9.69 Å². The third kappa shape index (κ3) is 4.12. The Kier molecular flexibility index (Phi) is 6.08. The van der Waals surface area contributed by atoms with Crippen LogP contribution in [0.5, 0.6) is 0 Å². The van der Waals surface area contributed by atoms with Crippen LogP contribution >= 0.6 is 11.3 Å². The number of pyridine rings is 1. The van der Waals surface area contributed by atoms with E-state index in [1.54, 1.807) is 6.33 Å². The summed E-state index contributed by atoms with van der Waals surface area (Å²) in [5, 5.41) is 5.79. The number of aromatic amines is 1. The van der Waals surface area contributed by atoms with Crippen molar-refractivity contribution in [3.63, 3.8) is 0 Å². The quantitative estimate of drug-likeness (QED) is 0.357. The predicted molar refractivity (Wildman–Crippen MR) is 155 cm³/mol. The van der Waals surface area contributed by atoms with E-state index in [9.17, 15) is 9.00 Å². The maximum atomic E-state index is 12.3. The molecule has 3 atom stereocenters. The molecule has 6 rings (SSSR count). The lowest BCUT2D eigenvalue weighted by Gasteiger charge is -2.30. The zero-order valence-corrected chi connectivity index (χ0v) is 24.8. The highest BCUT2D eigenvalue weighted by molar-refractivity contribution is 7.92. The third-order valence-corrected chi connectivity index (χ3v) is 10.6. The SMILES string of the molecule is Cc1c(-c2[nH]c3sc([C@@H]4CC5CC4CN5CC(=O)N=S(C)(C)=O)c(C)c3c2C(C)C)cn2ncnc2c1C. The summed E-state index contributed by atoms with van der Waals surface area (Å²) in [6, 6.07) is 0.397. The number of likely N-dealkylation sites (tertiary alicyclic amines) is 1. The van der Waals surface area contributed by atoms with Crippen LogP contribution in [0.4, 0.5) is 0 Å². The van der Waals surface area contributed by atoms with E-state index in [0.717, 1.165) is 30.6 Å². The zero-order valence-electron chi connectivity index (χ0n) is 23.2. The minimum absolute atomic E-state index is 0.256. The van der Waals surface area contributed by atoms with E-state index in [4.69, 9.17) is 0 Å². The molecule has 4 aromatic heterocycles. The highest BCUT2D eigenvalue weighted by atomic mass is 32.2. The van der Waals surface area contributed by atoms with Crippen LogP contribution in [0.3, 0.4) is 0 Å². The largest absolute Gasteiger partial charge is 0.346 e. The van der Waals surface area contributed by atoms with Gasteiger partial charge in [-0.2, -0.15) is 9.46 Å². The second kappa shape index (κ2) is 8.99. The standard InChI is InChI=1S/C28H36N6O2S2/c1-14(2)23-24-17(5)26(20-9-19-8-18(20)10-33(19)12-22(35)32-38(6,7)36)37-28(24)31-25(23)21-11-34-27(29-13-30-34)16(4)15(21)3/h11,13-14,18-20,31H,8-10,12H2,1-7H3/t18?,19?,20-/m1/s1. The summed E-state index contributed by atoms with van der Waals surface area (Å²) in [5.41, 5.74) is 8.45. The van der Waals surface area contributed by atoms with E-state index in [0.29, 0.717) is 23.8 Å². The Labute approximate surface area is 228 Å². The summed E-state index contributed by atoms with van der Waals surface area (Å²) >= 11 is 1.91. The Morgan fingerprint density at radius 3 is 2.63 bits per heavy atom. The fourth-order valence-electron chi connectivity index (χ4n) is 6.86. The van der Waals surface area contributed by atoms with Crippen molar-refractivity contribution in [2.24, 2.45) is 10.3 Å². The number of aromatic nitrogens is 4. The van der Waals surface area contributed by atoms with Gasteiger partial charge in [0.05, 0.1) is 12.2 Å². The molecule has 2 unspecified atom stereocenters. The van der Waals surface area contributed by atoms with Crippen LogP contribution in [-0.4, -0.2) is 66.2 Å². The lowest BCUT2D eigenvalue weighted by Crippen LogP contribution is -2.38. The number of rotatable bonds is 5. The number of piperidine rings is 1. The summed E-state index contributed by atoms with van der Waals surface area (Å²) in [6.07, 6.45) is 8.95. The van der Waals surface area contributed by atoms with Crippen molar-refractivity contribution in [2.75, 3.05) is 25.6 Å². The molecule has 0 aromatic carbocycles. The van der Waals surface area contributed by atoms with E-state index in [1.807, 2.05) is 15.9 Å². The first kappa shape index (κ1) is 25.7. The van der Waals surface area contributed by atoms with Crippen LogP contribution in [0, 0.1) is 26.7 Å². The summed E-state index contributed by atoms with van der Waals surface area (Å²) in [7, 11) is -2.40. The first-order chi connectivity index (χ1) is 17.9. The number of thiophene rings is 1. The van der Waals surface area contributed by atoms with Crippen LogP contribution in [0.15, 0.2) is 16.9 Å². The van der Waals surface area contributed by atoms with Crippen molar-refractivity contribution in [1.29, 1.82) is 0 Å². The van der Waals surface area contributed by atoms with Crippen molar-refractivity contribution in [2.45, 2.75) is 65.3 Å². The average molecular weight is 553 g/mol. The summed E-state index contributed by atoms with van der Waals surface area (Å²) in [5.74, 6) is 1.18. The van der Waals surface area contributed by atoms with Gasteiger partial charge in [0.15, 0.2) is 5.65 Å². The second-order valence-electron chi connectivity index (χ2n) is 11.8. The van der Waals surface area contributed by atoms with Gasteiger partial charge in [-0.05, 0) is 73.6 Å². The van der Waals surface area contributed by atoms with Crippen molar-refractivity contribution < 1.29 is 9.00 Å². The van der Waals surface area contributed by atoms with Crippen LogP contribution in [0.2, 0.25) is 0 Å². The number of aryl methyl sites for hydroxylation is 2. The Bertz CT molecular complexity index is 1710. The topological polar surface area (TPSA) is 95.7 Å². The van der Waals surface area contributed by atoms with Gasteiger partial charge in [0.25, 0.3) is 5.91 Å². The minimum Gasteiger partial charge on any atom is -0.346 e. The van der Waals surface area contributed by atoms with Gasteiger partial charge >= 0.3 is 0 Å². The van der Waals surface area contributed by atoms with E-state index in [1.165, 1.54) is 55.6 Å². The van der Waals surface area contributed by atoms with Crippen molar-refractivity contribution in [3.8, 4) is 11.3 Å². The molecule has 38 heavy (non-hydrogen) atoms. The fourth-order valence-corrected chi connectivity index (χ4v) is 8.84. The first-order valence-electron chi connectivity index (χ1n) is 13.3. The van der Waals surface area contributed by atoms with Crippen molar-refractivity contribution >= 4 is 42.8 Å². The number of H-pyrrole nitrogens is 1. The van der Waals surface area contributed by atoms with Gasteiger partial charge in [0.1, 0.15) is 11.2 Å². The predicted octanol–water partition coefficient (Wildman–Crippen LogP) is 5.42. The molecule has 1 saturated heterocycles. The van der Waals surface area contributed by atoms with Gasteiger partial charge in [-0.15, -0.1) is 11.3 Å². The molecule has 202 valence electrons. The minimum atomic E-state index is -2.40. The molecule has 5 heterocycles. The smallest absolute Gasteiger partial charge is 0.267 e. The molecule has 1 aliphatic heterocycles. The number of nitrogens with one attached hydrogen (secondary N) is 1. The highest BCUT2D eigenvalue weighted by Crippen LogP contribution is 2.53. The first-order valence-corrected chi connectivity index (χ1v) is 16.5. The number of nitrogens with zero attached hydrogens (tertiary/aromatic N) is 5. The second-order valence-corrected chi connectivity index (χ2v) is 15.4. The number of carbonyl (C=O) groups excluding carboxylic acids is 1. The van der Waals surface area contributed by atoms with Gasteiger partial charge in [0.2, 0.25) is 0 Å². The summed E-state index contributed by atoms with van der Waals surface area (Å²) < 4.78 is 17.7. The molecule has 2 fully saturated rings. The highest BCUT2D eigenvalue weighted by Gasteiger charge is 2.46. The normalized spacial score (nSPS) is 21.9. The molecule has 4 aromatic rings. The molecule has 1 aliphatic carbocycles. The van der Waals surface area contributed by atoms with Crippen LogP contribution in [0.1, 0.15) is 65.7 Å². The summed E-state index contributed by atoms with van der Waals surface area (Å²) in [4.78, 5) is 25.6. The monoisotopic (exact) mass is 552 g/mol. The molecule has 2 aliphatic rings. The zero-order chi connectivity index (χ0) is 27.1. The third-order valence-electron chi connectivity index (χ3n) is 8.59. The van der Waals surface area contributed by atoms with E-state index >= 15 is 0 Å².